The molecule has 2 heterocycles. The smallest absolute Gasteiger partial charge is 0.276 e. The van der Waals surface area contributed by atoms with Gasteiger partial charge in [-0.2, -0.15) is 0 Å². The first-order chi connectivity index (χ1) is 15.3. The van der Waals surface area contributed by atoms with E-state index in [1.807, 2.05) is 19.1 Å². The molecule has 2 aliphatic rings. The summed E-state index contributed by atoms with van der Waals surface area (Å²) >= 11 is 3.41. The minimum absolute atomic E-state index is 0.0195. The molecule has 1 aliphatic heterocycles. The van der Waals surface area contributed by atoms with Crippen LogP contribution < -0.4 is 10.6 Å². The minimum Gasteiger partial charge on any atom is -0.383 e. The number of benzene rings is 1. The van der Waals surface area contributed by atoms with Crippen molar-refractivity contribution in [1.29, 1.82) is 0 Å². The van der Waals surface area contributed by atoms with Gasteiger partial charge < -0.3 is 24.8 Å². The third-order valence-electron chi connectivity index (χ3n) is 5.91. The number of carbonyl (C=O) groups excluding carboxylic acids is 3. The normalized spacial score (nSPS) is 20.1. The Kier molecular flexibility index (Phi) is 6.09. The first kappa shape index (κ1) is 22.5. The zero-order valence-electron chi connectivity index (χ0n) is 18.3. The molecule has 2 N–H and O–H groups in total. The maximum Gasteiger partial charge on any atom is 0.276 e. The average molecular weight is 504 g/mol. The molecule has 9 nitrogen and oxygen atoms in total. The summed E-state index contributed by atoms with van der Waals surface area (Å²) in [7, 11) is 1.56. The summed E-state index contributed by atoms with van der Waals surface area (Å²) in [5, 5.41) is 5.70. The van der Waals surface area contributed by atoms with E-state index in [1.54, 1.807) is 29.6 Å². The van der Waals surface area contributed by atoms with Crippen molar-refractivity contribution in [3.05, 3.63) is 46.0 Å². The molecule has 1 aromatic carbocycles. The van der Waals surface area contributed by atoms with Gasteiger partial charge in [0.1, 0.15) is 11.2 Å². The monoisotopic (exact) mass is 503 g/mol. The second kappa shape index (κ2) is 8.67. The summed E-state index contributed by atoms with van der Waals surface area (Å²) in [6, 6.07) is 5.50. The predicted octanol–water partition coefficient (Wildman–Crippen LogP) is 2.35. The molecule has 10 heteroatoms. The Morgan fingerprint density at radius 1 is 1.34 bits per heavy atom. The number of imidazole rings is 1. The maximum absolute atomic E-state index is 13.6. The molecule has 0 saturated heterocycles. The largest absolute Gasteiger partial charge is 0.383 e. The number of aromatic nitrogens is 2. The van der Waals surface area contributed by atoms with Crippen molar-refractivity contribution in [3.63, 3.8) is 0 Å². The molecule has 32 heavy (non-hydrogen) atoms. The van der Waals surface area contributed by atoms with Crippen LogP contribution in [0.15, 0.2) is 29.0 Å². The number of hydrogen-bond donors (Lipinski definition) is 2. The van der Waals surface area contributed by atoms with Gasteiger partial charge in [0, 0.05) is 29.9 Å². The highest BCUT2D eigenvalue weighted by Gasteiger charge is 2.53. The standard InChI is InChI=1S/C22H26BrN5O4/c1-13-10-14(23)4-7-16(13)26-19(29)17-18-20(30)28(15-5-6-15)22(2,11-27(18)12-25-17)21(31)24-8-9-32-3/h4,7,10,12,15H,5-6,8-9,11H2,1-3H3,(H,24,31)(H,26,29). The van der Waals surface area contributed by atoms with E-state index in [0.29, 0.717) is 18.8 Å². The zero-order chi connectivity index (χ0) is 23.0. The van der Waals surface area contributed by atoms with Crippen molar-refractivity contribution in [1.82, 2.24) is 19.8 Å². The molecular weight excluding hydrogens is 478 g/mol. The van der Waals surface area contributed by atoms with Crippen LogP contribution in [-0.4, -0.2) is 64.0 Å². The van der Waals surface area contributed by atoms with E-state index in [4.69, 9.17) is 4.74 Å². The fourth-order valence-corrected chi connectivity index (χ4v) is 4.60. The summed E-state index contributed by atoms with van der Waals surface area (Å²) in [6.07, 6.45) is 3.13. The highest BCUT2D eigenvalue weighted by molar-refractivity contribution is 9.10. The maximum atomic E-state index is 13.6. The van der Waals surface area contributed by atoms with Gasteiger partial charge in [-0.25, -0.2) is 4.98 Å². The topological polar surface area (TPSA) is 106 Å². The number of amides is 3. The Balaban J connectivity index is 1.63. The summed E-state index contributed by atoms with van der Waals surface area (Å²) in [5.41, 5.74) is 0.725. The van der Waals surface area contributed by atoms with Crippen LogP contribution in [-0.2, 0) is 16.1 Å². The SMILES string of the molecule is COCCNC(=O)C1(C)Cn2cnc(C(=O)Nc3ccc(Br)cc3C)c2C(=O)N1C1CC1. The van der Waals surface area contributed by atoms with Crippen molar-refractivity contribution in [2.75, 3.05) is 25.6 Å². The molecule has 0 bridgehead atoms. The number of fused-ring (bicyclic) bond motifs is 1. The second-order valence-electron chi connectivity index (χ2n) is 8.41. The number of nitrogens with one attached hydrogen (secondary N) is 2. The van der Waals surface area contributed by atoms with Crippen molar-refractivity contribution in [2.45, 2.75) is 44.8 Å². The van der Waals surface area contributed by atoms with Crippen LogP contribution in [0.25, 0.3) is 0 Å². The van der Waals surface area contributed by atoms with Crippen LogP contribution in [0.4, 0.5) is 5.69 Å². The van der Waals surface area contributed by atoms with E-state index in [-0.39, 0.29) is 35.8 Å². The number of halogens is 1. The Morgan fingerprint density at radius 3 is 2.75 bits per heavy atom. The van der Waals surface area contributed by atoms with Gasteiger partial charge in [0.15, 0.2) is 5.69 Å². The number of carbonyl (C=O) groups is 3. The van der Waals surface area contributed by atoms with E-state index in [9.17, 15) is 14.4 Å². The fraction of sp³-hybridized carbons (Fsp3) is 0.455. The number of rotatable bonds is 7. The molecule has 1 fully saturated rings. The van der Waals surface area contributed by atoms with Gasteiger partial charge >= 0.3 is 0 Å². The van der Waals surface area contributed by atoms with E-state index < -0.39 is 11.4 Å². The molecule has 1 aromatic heterocycles. The van der Waals surface area contributed by atoms with Gasteiger partial charge in [-0.15, -0.1) is 0 Å². The quantitative estimate of drug-likeness (QED) is 0.564. The Bertz CT molecular complexity index is 1080. The van der Waals surface area contributed by atoms with Crippen LogP contribution in [0.5, 0.6) is 0 Å². The third-order valence-corrected chi connectivity index (χ3v) is 6.41. The van der Waals surface area contributed by atoms with Gasteiger partial charge in [0.05, 0.1) is 19.5 Å². The number of ether oxygens (including phenoxy) is 1. The molecule has 1 atom stereocenters. The first-order valence-electron chi connectivity index (χ1n) is 10.5. The first-order valence-corrected chi connectivity index (χ1v) is 11.3. The molecule has 1 unspecified atom stereocenters. The number of nitrogens with zero attached hydrogens (tertiary/aromatic N) is 3. The van der Waals surface area contributed by atoms with E-state index in [1.165, 1.54) is 6.33 Å². The highest BCUT2D eigenvalue weighted by atomic mass is 79.9. The van der Waals surface area contributed by atoms with Gasteiger partial charge in [0.25, 0.3) is 11.8 Å². The van der Waals surface area contributed by atoms with Gasteiger partial charge in [-0.1, -0.05) is 15.9 Å². The summed E-state index contributed by atoms with van der Waals surface area (Å²) < 4.78 is 7.53. The van der Waals surface area contributed by atoms with E-state index >= 15 is 0 Å². The minimum atomic E-state index is -1.07. The van der Waals surface area contributed by atoms with Crippen LogP contribution in [0.3, 0.4) is 0 Å². The van der Waals surface area contributed by atoms with Crippen LogP contribution in [0, 0.1) is 6.92 Å². The fourth-order valence-electron chi connectivity index (χ4n) is 4.13. The Hall–Kier alpha value is -2.72. The van der Waals surface area contributed by atoms with Crippen molar-refractivity contribution >= 4 is 39.3 Å². The van der Waals surface area contributed by atoms with Crippen molar-refractivity contribution in [2.24, 2.45) is 0 Å². The molecule has 170 valence electrons. The lowest BCUT2D eigenvalue weighted by Crippen LogP contribution is -2.65. The average Bonchev–Trinajstić information content (AvgIpc) is 3.48. The molecule has 1 saturated carbocycles. The van der Waals surface area contributed by atoms with Crippen molar-refractivity contribution < 1.29 is 19.1 Å². The lowest BCUT2D eigenvalue weighted by Gasteiger charge is -2.44. The van der Waals surface area contributed by atoms with Gasteiger partial charge in [-0.05, 0) is 50.5 Å². The molecule has 0 radical (unpaired) electrons. The molecular formula is C22H26BrN5O4. The van der Waals surface area contributed by atoms with Gasteiger partial charge in [-0.3, -0.25) is 14.4 Å². The molecule has 4 rings (SSSR count). The zero-order valence-corrected chi connectivity index (χ0v) is 19.9. The summed E-state index contributed by atoms with van der Waals surface area (Å²) in [4.78, 5) is 45.5. The summed E-state index contributed by atoms with van der Waals surface area (Å²) in [6.45, 7) is 4.61. The third kappa shape index (κ3) is 4.04. The predicted molar refractivity (Wildman–Crippen MR) is 122 cm³/mol. The highest BCUT2D eigenvalue weighted by Crippen LogP contribution is 2.39. The molecule has 1 aliphatic carbocycles. The van der Waals surface area contributed by atoms with Crippen molar-refractivity contribution in [3.8, 4) is 0 Å². The van der Waals surface area contributed by atoms with Crippen LogP contribution in [0.1, 0.15) is 46.3 Å². The Labute approximate surface area is 194 Å². The van der Waals surface area contributed by atoms with Gasteiger partial charge in [0.2, 0.25) is 5.91 Å². The number of anilines is 1. The molecule has 3 amide bonds. The van der Waals surface area contributed by atoms with Crippen LogP contribution >= 0.6 is 15.9 Å². The Morgan fingerprint density at radius 2 is 2.09 bits per heavy atom. The van der Waals surface area contributed by atoms with E-state index in [2.05, 4.69) is 31.5 Å². The van der Waals surface area contributed by atoms with Crippen LogP contribution in [0.2, 0.25) is 0 Å². The molecule has 2 aromatic rings. The number of methoxy groups -OCH3 is 1. The lowest BCUT2D eigenvalue weighted by atomic mass is 9.94. The molecule has 0 spiro atoms. The summed E-state index contributed by atoms with van der Waals surface area (Å²) in [5.74, 6) is -1.05. The number of hydrogen-bond acceptors (Lipinski definition) is 5. The number of aryl methyl sites for hydroxylation is 1. The van der Waals surface area contributed by atoms with E-state index in [0.717, 1.165) is 22.9 Å². The lowest BCUT2D eigenvalue weighted by molar-refractivity contribution is -0.133. The second-order valence-corrected chi connectivity index (χ2v) is 9.33.